The summed E-state index contributed by atoms with van der Waals surface area (Å²) >= 11 is 0. The minimum absolute atomic E-state index is 0.102. The predicted molar refractivity (Wildman–Crippen MR) is 54.8 cm³/mol. The summed E-state index contributed by atoms with van der Waals surface area (Å²) in [5.41, 5.74) is 5.31. The van der Waals surface area contributed by atoms with Crippen LogP contribution in [0.3, 0.4) is 0 Å². The molecule has 4 heteroatoms. The SMILES string of the molecule is NC(=O)[C@H]1CCN(C2CCNCC2)C1. The summed E-state index contributed by atoms with van der Waals surface area (Å²) in [7, 11) is 0. The summed E-state index contributed by atoms with van der Waals surface area (Å²) in [5, 5.41) is 3.35. The van der Waals surface area contributed by atoms with Crippen LogP contribution in [0.1, 0.15) is 19.3 Å². The molecule has 1 amide bonds. The van der Waals surface area contributed by atoms with E-state index in [4.69, 9.17) is 5.73 Å². The molecule has 2 rings (SSSR count). The molecular weight excluding hydrogens is 178 g/mol. The molecule has 2 fully saturated rings. The summed E-state index contributed by atoms with van der Waals surface area (Å²) in [5.74, 6) is -0.0219. The highest BCUT2D eigenvalue weighted by Gasteiger charge is 2.31. The monoisotopic (exact) mass is 197 g/mol. The fourth-order valence-corrected chi connectivity index (χ4v) is 2.52. The van der Waals surface area contributed by atoms with E-state index in [1.54, 1.807) is 0 Å². The van der Waals surface area contributed by atoms with Crippen LogP contribution in [-0.4, -0.2) is 43.0 Å². The summed E-state index contributed by atoms with van der Waals surface area (Å²) in [6.07, 6.45) is 3.39. The molecule has 2 heterocycles. The topological polar surface area (TPSA) is 58.4 Å². The Morgan fingerprint density at radius 1 is 1.29 bits per heavy atom. The summed E-state index contributed by atoms with van der Waals surface area (Å²) in [4.78, 5) is 13.5. The van der Waals surface area contributed by atoms with Gasteiger partial charge in [0.05, 0.1) is 5.92 Å². The number of carbonyl (C=O) groups is 1. The van der Waals surface area contributed by atoms with Gasteiger partial charge in [-0.15, -0.1) is 0 Å². The van der Waals surface area contributed by atoms with Gasteiger partial charge in [-0.05, 0) is 38.9 Å². The van der Waals surface area contributed by atoms with Gasteiger partial charge in [0.15, 0.2) is 0 Å². The van der Waals surface area contributed by atoms with Crippen molar-refractivity contribution in [1.82, 2.24) is 10.2 Å². The van der Waals surface area contributed by atoms with Crippen LogP contribution < -0.4 is 11.1 Å². The third-order valence-electron chi connectivity index (χ3n) is 3.45. The highest BCUT2D eigenvalue weighted by atomic mass is 16.1. The van der Waals surface area contributed by atoms with Gasteiger partial charge in [-0.3, -0.25) is 9.69 Å². The van der Waals surface area contributed by atoms with E-state index in [1.165, 1.54) is 12.8 Å². The van der Waals surface area contributed by atoms with E-state index >= 15 is 0 Å². The molecule has 0 aromatic rings. The van der Waals surface area contributed by atoms with Gasteiger partial charge in [-0.1, -0.05) is 0 Å². The normalized spacial score (nSPS) is 30.7. The maximum absolute atomic E-state index is 11.0. The standard InChI is InChI=1S/C10H19N3O/c11-10(14)8-3-6-13(7-8)9-1-4-12-5-2-9/h8-9,12H,1-7H2,(H2,11,14)/t8-/m0/s1. The molecule has 4 nitrogen and oxygen atoms in total. The lowest BCUT2D eigenvalue weighted by Crippen LogP contribution is -2.42. The smallest absolute Gasteiger partial charge is 0.221 e. The maximum Gasteiger partial charge on any atom is 0.221 e. The first kappa shape index (κ1) is 9.93. The van der Waals surface area contributed by atoms with Gasteiger partial charge in [-0.2, -0.15) is 0 Å². The molecule has 0 unspecified atom stereocenters. The average Bonchev–Trinajstić information content (AvgIpc) is 2.68. The molecule has 0 aliphatic carbocycles. The Hall–Kier alpha value is -0.610. The Kier molecular flexibility index (Phi) is 3.03. The number of hydrogen-bond donors (Lipinski definition) is 2. The molecule has 14 heavy (non-hydrogen) atoms. The number of primary amides is 1. The van der Waals surface area contributed by atoms with Crippen molar-refractivity contribution in [2.24, 2.45) is 11.7 Å². The van der Waals surface area contributed by atoms with E-state index in [9.17, 15) is 4.79 Å². The molecule has 0 spiro atoms. The first-order valence-corrected chi connectivity index (χ1v) is 5.51. The van der Waals surface area contributed by atoms with E-state index in [-0.39, 0.29) is 11.8 Å². The van der Waals surface area contributed by atoms with Crippen molar-refractivity contribution in [2.45, 2.75) is 25.3 Å². The van der Waals surface area contributed by atoms with Gasteiger partial charge in [0.1, 0.15) is 0 Å². The quantitative estimate of drug-likeness (QED) is 0.630. The third-order valence-corrected chi connectivity index (χ3v) is 3.45. The number of hydrogen-bond acceptors (Lipinski definition) is 3. The summed E-state index contributed by atoms with van der Waals surface area (Å²) in [6.45, 7) is 4.17. The minimum Gasteiger partial charge on any atom is -0.369 e. The lowest BCUT2D eigenvalue weighted by Gasteiger charge is -2.31. The van der Waals surface area contributed by atoms with Crippen LogP contribution in [0.2, 0.25) is 0 Å². The van der Waals surface area contributed by atoms with Crippen LogP contribution in [0.4, 0.5) is 0 Å². The Morgan fingerprint density at radius 3 is 2.57 bits per heavy atom. The second-order valence-corrected chi connectivity index (χ2v) is 4.36. The van der Waals surface area contributed by atoms with Gasteiger partial charge < -0.3 is 11.1 Å². The largest absolute Gasteiger partial charge is 0.369 e. The van der Waals surface area contributed by atoms with Gasteiger partial charge in [-0.25, -0.2) is 0 Å². The molecule has 3 N–H and O–H groups in total. The van der Waals surface area contributed by atoms with Gasteiger partial charge in [0, 0.05) is 12.6 Å². The van der Waals surface area contributed by atoms with E-state index in [1.807, 2.05) is 0 Å². The van der Waals surface area contributed by atoms with E-state index in [2.05, 4.69) is 10.2 Å². The first-order chi connectivity index (χ1) is 6.77. The van der Waals surface area contributed by atoms with Crippen molar-refractivity contribution in [3.8, 4) is 0 Å². The number of carbonyl (C=O) groups excluding carboxylic acids is 1. The summed E-state index contributed by atoms with van der Waals surface area (Å²) < 4.78 is 0. The Labute approximate surface area is 84.8 Å². The maximum atomic E-state index is 11.0. The highest BCUT2D eigenvalue weighted by molar-refractivity contribution is 5.77. The zero-order valence-corrected chi connectivity index (χ0v) is 8.54. The van der Waals surface area contributed by atoms with Gasteiger partial charge >= 0.3 is 0 Å². The number of rotatable bonds is 2. The lowest BCUT2D eigenvalue weighted by molar-refractivity contribution is -0.121. The molecule has 2 aliphatic rings. The zero-order valence-electron chi connectivity index (χ0n) is 8.54. The number of piperidine rings is 1. The molecule has 2 saturated heterocycles. The Bertz CT molecular complexity index is 213. The van der Waals surface area contributed by atoms with Crippen molar-refractivity contribution >= 4 is 5.91 Å². The predicted octanol–water partition coefficient (Wildman–Crippen LogP) is -0.454. The van der Waals surface area contributed by atoms with Crippen LogP contribution in [0.5, 0.6) is 0 Å². The van der Waals surface area contributed by atoms with E-state index < -0.39 is 0 Å². The second-order valence-electron chi connectivity index (χ2n) is 4.36. The molecular formula is C10H19N3O. The number of nitrogens with one attached hydrogen (secondary N) is 1. The zero-order chi connectivity index (χ0) is 9.97. The molecule has 80 valence electrons. The molecule has 2 aliphatic heterocycles. The van der Waals surface area contributed by atoms with Crippen LogP contribution in [0, 0.1) is 5.92 Å². The highest BCUT2D eigenvalue weighted by Crippen LogP contribution is 2.22. The average molecular weight is 197 g/mol. The van der Waals surface area contributed by atoms with Gasteiger partial charge in [0.2, 0.25) is 5.91 Å². The van der Waals surface area contributed by atoms with Crippen molar-refractivity contribution in [2.75, 3.05) is 26.2 Å². The third kappa shape index (κ3) is 2.07. The van der Waals surface area contributed by atoms with Crippen LogP contribution in [0.15, 0.2) is 0 Å². The van der Waals surface area contributed by atoms with Crippen molar-refractivity contribution < 1.29 is 4.79 Å². The molecule has 1 atom stereocenters. The molecule has 0 saturated carbocycles. The molecule has 0 aromatic carbocycles. The molecule has 0 aromatic heterocycles. The van der Waals surface area contributed by atoms with Gasteiger partial charge in [0.25, 0.3) is 0 Å². The van der Waals surface area contributed by atoms with Crippen molar-refractivity contribution in [1.29, 1.82) is 0 Å². The first-order valence-electron chi connectivity index (χ1n) is 5.51. The Morgan fingerprint density at radius 2 is 2.00 bits per heavy atom. The lowest BCUT2D eigenvalue weighted by atomic mass is 10.1. The molecule has 0 radical (unpaired) electrons. The fraction of sp³-hybridized carbons (Fsp3) is 0.900. The van der Waals surface area contributed by atoms with Crippen LogP contribution in [0.25, 0.3) is 0 Å². The number of nitrogens with zero attached hydrogens (tertiary/aromatic N) is 1. The number of likely N-dealkylation sites (tertiary alicyclic amines) is 1. The van der Waals surface area contributed by atoms with Crippen molar-refractivity contribution in [3.63, 3.8) is 0 Å². The van der Waals surface area contributed by atoms with Crippen LogP contribution in [-0.2, 0) is 4.79 Å². The number of amides is 1. The second kappa shape index (κ2) is 4.28. The van der Waals surface area contributed by atoms with E-state index in [0.717, 1.165) is 32.6 Å². The minimum atomic E-state index is -0.124. The summed E-state index contributed by atoms with van der Waals surface area (Å²) in [6, 6.07) is 0.681. The molecule has 0 bridgehead atoms. The number of nitrogens with two attached hydrogens (primary N) is 1. The van der Waals surface area contributed by atoms with Crippen LogP contribution >= 0.6 is 0 Å². The van der Waals surface area contributed by atoms with Crippen molar-refractivity contribution in [3.05, 3.63) is 0 Å². The Balaban J connectivity index is 1.85. The fourth-order valence-electron chi connectivity index (χ4n) is 2.52. The van der Waals surface area contributed by atoms with E-state index in [0.29, 0.717) is 6.04 Å².